The van der Waals surface area contributed by atoms with Crippen LogP contribution in [0, 0.1) is 6.92 Å². The minimum Gasteiger partial charge on any atom is -0.493 e. The van der Waals surface area contributed by atoms with E-state index in [0.717, 1.165) is 11.1 Å². The SMILES string of the molecule is COc1cc(C(N)=S)cc(Cl)c1OCc1ccccc1C. The molecule has 5 heteroatoms. The summed E-state index contributed by atoms with van der Waals surface area (Å²) in [5.74, 6) is 1.00. The van der Waals surface area contributed by atoms with Gasteiger partial charge in [-0.15, -0.1) is 0 Å². The Kier molecular flexibility index (Phi) is 5.04. The Bertz CT molecular complexity index is 673. The number of aryl methyl sites for hydroxylation is 1. The Balaban J connectivity index is 2.28. The maximum Gasteiger partial charge on any atom is 0.180 e. The molecule has 0 aromatic heterocycles. The lowest BCUT2D eigenvalue weighted by Gasteiger charge is -2.14. The first-order valence-corrected chi connectivity index (χ1v) is 7.16. The van der Waals surface area contributed by atoms with Gasteiger partial charge in [-0.05, 0) is 30.2 Å². The molecule has 0 unspecified atom stereocenters. The molecule has 110 valence electrons. The third-order valence-electron chi connectivity index (χ3n) is 3.15. The van der Waals surface area contributed by atoms with Crippen LogP contribution in [0.25, 0.3) is 0 Å². The van der Waals surface area contributed by atoms with Crippen molar-refractivity contribution in [3.63, 3.8) is 0 Å². The van der Waals surface area contributed by atoms with E-state index in [0.29, 0.717) is 28.7 Å². The van der Waals surface area contributed by atoms with Gasteiger partial charge in [-0.25, -0.2) is 0 Å². The standard InChI is InChI=1S/C16H16ClNO2S/c1-10-5-3-4-6-11(10)9-20-15-13(17)7-12(16(18)21)8-14(15)19-2/h3-8H,9H2,1-2H3,(H2,18,21). The van der Waals surface area contributed by atoms with Crippen molar-refractivity contribution in [1.82, 2.24) is 0 Å². The van der Waals surface area contributed by atoms with Gasteiger partial charge >= 0.3 is 0 Å². The topological polar surface area (TPSA) is 44.5 Å². The normalized spacial score (nSPS) is 10.2. The van der Waals surface area contributed by atoms with Crippen LogP contribution < -0.4 is 15.2 Å². The van der Waals surface area contributed by atoms with Crippen molar-refractivity contribution in [2.45, 2.75) is 13.5 Å². The first-order valence-electron chi connectivity index (χ1n) is 6.37. The third kappa shape index (κ3) is 3.65. The third-order valence-corrected chi connectivity index (χ3v) is 3.66. The fourth-order valence-corrected chi connectivity index (χ4v) is 2.31. The van der Waals surface area contributed by atoms with Crippen molar-refractivity contribution in [3.8, 4) is 11.5 Å². The summed E-state index contributed by atoms with van der Waals surface area (Å²) >= 11 is 11.2. The van der Waals surface area contributed by atoms with Crippen molar-refractivity contribution < 1.29 is 9.47 Å². The van der Waals surface area contributed by atoms with Crippen LogP contribution in [0.2, 0.25) is 5.02 Å². The maximum atomic E-state index is 6.24. The van der Waals surface area contributed by atoms with Crippen molar-refractivity contribution in [2.75, 3.05) is 7.11 Å². The number of ether oxygens (including phenoxy) is 2. The van der Waals surface area contributed by atoms with Gasteiger partial charge in [0.15, 0.2) is 11.5 Å². The number of methoxy groups -OCH3 is 1. The summed E-state index contributed by atoms with van der Waals surface area (Å²) in [6, 6.07) is 11.4. The van der Waals surface area contributed by atoms with Crippen LogP contribution in [0.3, 0.4) is 0 Å². The average molecular weight is 322 g/mol. The zero-order chi connectivity index (χ0) is 15.4. The van der Waals surface area contributed by atoms with Crippen LogP contribution in [0.4, 0.5) is 0 Å². The highest BCUT2D eigenvalue weighted by Gasteiger charge is 2.13. The maximum absolute atomic E-state index is 6.24. The van der Waals surface area contributed by atoms with Crippen LogP contribution in [0.5, 0.6) is 11.5 Å². The highest BCUT2D eigenvalue weighted by atomic mass is 35.5. The smallest absolute Gasteiger partial charge is 0.180 e. The van der Waals surface area contributed by atoms with Gasteiger partial charge in [0.2, 0.25) is 0 Å². The van der Waals surface area contributed by atoms with Crippen molar-refractivity contribution in [2.24, 2.45) is 5.73 Å². The second-order valence-corrected chi connectivity index (χ2v) is 5.42. The Morgan fingerprint density at radius 2 is 2.00 bits per heavy atom. The molecule has 2 rings (SSSR count). The molecule has 0 aliphatic carbocycles. The van der Waals surface area contributed by atoms with Crippen LogP contribution in [-0.2, 0) is 6.61 Å². The monoisotopic (exact) mass is 321 g/mol. The van der Waals surface area contributed by atoms with Gasteiger partial charge in [0.1, 0.15) is 11.6 Å². The molecule has 0 saturated heterocycles. The van der Waals surface area contributed by atoms with E-state index in [9.17, 15) is 0 Å². The fraction of sp³-hybridized carbons (Fsp3) is 0.188. The van der Waals surface area contributed by atoms with Crippen molar-refractivity contribution in [1.29, 1.82) is 0 Å². The molecular formula is C16H16ClNO2S. The summed E-state index contributed by atoms with van der Waals surface area (Å²) in [5.41, 5.74) is 8.52. The molecule has 0 aliphatic rings. The second kappa shape index (κ2) is 6.78. The Hall–Kier alpha value is -1.78. The molecule has 21 heavy (non-hydrogen) atoms. The van der Waals surface area contributed by atoms with Gasteiger partial charge in [-0.3, -0.25) is 0 Å². The summed E-state index contributed by atoms with van der Waals surface area (Å²) in [6.07, 6.45) is 0. The molecule has 0 aliphatic heterocycles. The summed E-state index contributed by atoms with van der Waals surface area (Å²) in [6.45, 7) is 2.45. The number of benzene rings is 2. The molecule has 0 spiro atoms. The van der Waals surface area contributed by atoms with Gasteiger partial charge in [-0.1, -0.05) is 48.1 Å². The van der Waals surface area contributed by atoms with Crippen LogP contribution in [0.15, 0.2) is 36.4 Å². The van der Waals surface area contributed by atoms with Crippen LogP contribution >= 0.6 is 23.8 Å². The predicted octanol–water partition coefficient (Wildman–Crippen LogP) is 3.87. The molecule has 0 saturated carbocycles. The molecule has 0 heterocycles. The molecule has 2 N–H and O–H groups in total. The van der Waals surface area contributed by atoms with E-state index >= 15 is 0 Å². The van der Waals surface area contributed by atoms with E-state index < -0.39 is 0 Å². The zero-order valence-electron chi connectivity index (χ0n) is 11.9. The van der Waals surface area contributed by atoms with E-state index in [1.54, 1.807) is 19.2 Å². The molecule has 2 aromatic rings. The van der Waals surface area contributed by atoms with E-state index in [4.69, 9.17) is 39.0 Å². The fourth-order valence-electron chi connectivity index (χ4n) is 1.92. The number of hydrogen-bond acceptors (Lipinski definition) is 3. The highest BCUT2D eigenvalue weighted by molar-refractivity contribution is 7.80. The number of hydrogen-bond donors (Lipinski definition) is 1. The summed E-state index contributed by atoms with van der Waals surface area (Å²) < 4.78 is 11.1. The number of rotatable bonds is 5. The van der Waals surface area contributed by atoms with Crippen molar-refractivity contribution in [3.05, 3.63) is 58.1 Å². The molecule has 3 nitrogen and oxygen atoms in total. The molecule has 0 atom stereocenters. The van der Waals surface area contributed by atoms with E-state index in [2.05, 4.69) is 0 Å². The number of thiocarbonyl (C=S) groups is 1. The lowest BCUT2D eigenvalue weighted by Crippen LogP contribution is -2.10. The lowest BCUT2D eigenvalue weighted by molar-refractivity contribution is 0.284. The zero-order valence-corrected chi connectivity index (χ0v) is 13.4. The highest BCUT2D eigenvalue weighted by Crippen LogP contribution is 2.37. The van der Waals surface area contributed by atoms with Gasteiger partial charge < -0.3 is 15.2 Å². The molecule has 0 amide bonds. The van der Waals surface area contributed by atoms with E-state index in [1.165, 1.54) is 0 Å². The average Bonchev–Trinajstić information content (AvgIpc) is 2.46. The molecule has 0 radical (unpaired) electrons. The quantitative estimate of drug-likeness (QED) is 0.849. The number of halogens is 1. The van der Waals surface area contributed by atoms with E-state index in [1.807, 2.05) is 31.2 Å². The largest absolute Gasteiger partial charge is 0.493 e. The first-order chi connectivity index (χ1) is 10.0. The van der Waals surface area contributed by atoms with E-state index in [-0.39, 0.29) is 4.99 Å². The second-order valence-electron chi connectivity index (χ2n) is 4.57. The Labute approximate surface area is 134 Å². The minimum absolute atomic E-state index is 0.264. The number of nitrogens with two attached hydrogens (primary N) is 1. The van der Waals surface area contributed by atoms with Gasteiger partial charge in [-0.2, -0.15) is 0 Å². The van der Waals surface area contributed by atoms with Crippen molar-refractivity contribution >= 4 is 28.8 Å². The van der Waals surface area contributed by atoms with Gasteiger partial charge in [0.05, 0.1) is 12.1 Å². The predicted molar refractivity (Wildman–Crippen MR) is 89.4 cm³/mol. The Morgan fingerprint density at radius 1 is 1.29 bits per heavy atom. The molecule has 0 fully saturated rings. The molecular weight excluding hydrogens is 306 g/mol. The summed E-state index contributed by atoms with van der Waals surface area (Å²) in [7, 11) is 1.55. The van der Waals surface area contributed by atoms with Crippen LogP contribution in [-0.4, -0.2) is 12.1 Å². The van der Waals surface area contributed by atoms with Gasteiger partial charge in [0.25, 0.3) is 0 Å². The Morgan fingerprint density at radius 3 is 2.62 bits per heavy atom. The lowest BCUT2D eigenvalue weighted by atomic mass is 10.1. The van der Waals surface area contributed by atoms with Crippen LogP contribution in [0.1, 0.15) is 16.7 Å². The first kappa shape index (κ1) is 15.6. The van der Waals surface area contributed by atoms with Gasteiger partial charge in [0, 0.05) is 5.56 Å². The molecule has 0 bridgehead atoms. The summed E-state index contributed by atoms with van der Waals surface area (Å²) in [5, 5.41) is 0.422. The summed E-state index contributed by atoms with van der Waals surface area (Å²) in [4.78, 5) is 0.264. The molecule has 2 aromatic carbocycles. The minimum atomic E-state index is 0.264.